The predicted octanol–water partition coefficient (Wildman–Crippen LogP) is 0.216. The van der Waals surface area contributed by atoms with Crippen molar-refractivity contribution in [3.8, 4) is 6.19 Å². The second kappa shape index (κ2) is 2.70. The van der Waals surface area contributed by atoms with Crippen molar-refractivity contribution in [3.05, 3.63) is 0 Å². The highest BCUT2D eigenvalue weighted by atomic mass is 16.3. The monoisotopic (exact) mass is 128 g/mol. The molecule has 0 radical (unpaired) electrons. The zero-order valence-corrected chi connectivity index (χ0v) is 5.97. The Kier molecular flexibility index (Phi) is 2.47. The van der Waals surface area contributed by atoms with Crippen LogP contribution >= 0.6 is 0 Å². The molecule has 9 heavy (non-hydrogen) atoms. The second-order valence-electron chi connectivity index (χ2n) is 2.63. The largest absolute Gasteiger partial charge is 0.391 e. The van der Waals surface area contributed by atoms with Crippen LogP contribution in [0.15, 0.2) is 0 Å². The number of hydrogen-bond donors (Lipinski definition) is 2. The molecule has 0 rings (SSSR count). The highest BCUT2D eigenvalue weighted by molar-refractivity contribution is 4.88. The molecule has 2 N–H and O–H groups in total. The molecule has 0 aliphatic rings. The van der Waals surface area contributed by atoms with Gasteiger partial charge in [0.05, 0.1) is 11.6 Å². The van der Waals surface area contributed by atoms with Gasteiger partial charge >= 0.3 is 0 Å². The highest BCUT2D eigenvalue weighted by Crippen LogP contribution is 2.06. The molecule has 3 heteroatoms. The van der Waals surface area contributed by atoms with Gasteiger partial charge in [-0.15, -0.1) is 0 Å². The summed E-state index contributed by atoms with van der Waals surface area (Å²) in [5.41, 5.74) is -0.505. The number of nitrogens with one attached hydrogen (secondary N) is 1. The van der Waals surface area contributed by atoms with Crippen molar-refractivity contribution in [1.29, 1.82) is 5.26 Å². The van der Waals surface area contributed by atoms with Gasteiger partial charge in [0.25, 0.3) is 0 Å². The summed E-state index contributed by atoms with van der Waals surface area (Å²) >= 11 is 0. The maximum atomic E-state index is 9.00. The fourth-order valence-corrected chi connectivity index (χ4v) is 0.249. The van der Waals surface area contributed by atoms with Crippen molar-refractivity contribution >= 4 is 0 Å². The van der Waals surface area contributed by atoms with E-state index in [1.165, 1.54) is 0 Å². The first-order valence-corrected chi connectivity index (χ1v) is 2.85. The number of nitriles is 1. The van der Waals surface area contributed by atoms with Gasteiger partial charge < -0.3 is 10.4 Å². The first-order valence-electron chi connectivity index (χ1n) is 2.85. The molecule has 0 amide bonds. The van der Waals surface area contributed by atoms with Gasteiger partial charge in [-0.2, -0.15) is 5.26 Å². The van der Waals surface area contributed by atoms with E-state index in [9.17, 15) is 0 Å². The van der Waals surface area contributed by atoms with Gasteiger partial charge in [0.1, 0.15) is 0 Å². The summed E-state index contributed by atoms with van der Waals surface area (Å²) in [6.07, 6.45) is 1.26. The molecule has 1 unspecified atom stereocenters. The molecule has 0 aliphatic heterocycles. The van der Waals surface area contributed by atoms with Gasteiger partial charge in [0.2, 0.25) is 0 Å². The van der Waals surface area contributed by atoms with Crippen LogP contribution in [0.1, 0.15) is 20.8 Å². The van der Waals surface area contributed by atoms with Crippen molar-refractivity contribution in [3.63, 3.8) is 0 Å². The van der Waals surface area contributed by atoms with E-state index >= 15 is 0 Å². The third-order valence-corrected chi connectivity index (χ3v) is 1.42. The van der Waals surface area contributed by atoms with Crippen LogP contribution in [0.4, 0.5) is 0 Å². The number of nitrogens with zero attached hydrogens (tertiary/aromatic N) is 1. The Morgan fingerprint density at radius 1 is 1.67 bits per heavy atom. The SMILES string of the molecule is CC(O)C(C)(C)NC#N. The van der Waals surface area contributed by atoms with Gasteiger partial charge in [-0.25, -0.2) is 0 Å². The molecule has 0 fully saturated rings. The molecule has 0 bridgehead atoms. The van der Waals surface area contributed by atoms with Gasteiger partial charge in [-0.1, -0.05) is 0 Å². The maximum Gasteiger partial charge on any atom is 0.177 e. The lowest BCUT2D eigenvalue weighted by Crippen LogP contribution is -2.45. The third-order valence-electron chi connectivity index (χ3n) is 1.42. The molecule has 1 atom stereocenters. The quantitative estimate of drug-likeness (QED) is 0.413. The minimum absolute atomic E-state index is 0.505. The molecular weight excluding hydrogens is 116 g/mol. The first kappa shape index (κ1) is 8.25. The molecular formula is C6H12N2O. The molecule has 0 heterocycles. The first-order chi connectivity index (χ1) is 4.00. The Morgan fingerprint density at radius 2 is 2.11 bits per heavy atom. The molecule has 0 aromatic carbocycles. The minimum Gasteiger partial charge on any atom is -0.391 e. The zero-order chi connectivity index (χ0) is 7.49. The fraction of sp³-hybridized carbons (Fsp3) is 0.833. The van der Waals surface area contributed by atoms with Crippen LogP contribution in [0.5, 0.6) is 0 Å². The van der Waals surface area contributed by atoms with Crippen molar-refractivity contribution in [1.82, 2.24) is 5.32 Å². The van der Waals surface area contributed by atoms with Gasteiger partial charge in [-0.3, -0.25) is 0 Å². The third kappa shape index (κ3) is 2.34. The number of hydrogen-bond acceptors (Lipinski definition) is 3. The minimum atomic E-state index is -0.517. The van der Waals surface area contributed by atoms with E-state index in [0.717, 1.165) is 0 Å². The highest BCUT2D eigenvalue weighted by Gasteiger charge is 2.22. The summed E-state index contributed by atoms with van der Waals surface area (Å²) in [7, 11) is 0. The van der Waals surface area contributed by atoms with E-state index in [4.69, 9.17) is 10.4 Å². The average molecular weight is 128 g/mol. The lowest BCUT2D eigenvalue weighted by atomic mass is 10.00. The van der Waals surface area contributed by atoms with Crippen LogP contribution in [0.25, 0.3) is 0 Å². The number of aliphatic hydroxyl groups excluding tert-OH is 1. The lowest BCUT2D eigenvalue weighted by Gasteiger charge is -2.25. The zero-order valence-electron chi connectivity index (χ0n) is 5.97. The summed E-state index contributed by atoms with van der Waals surface area (Å²) in [5, 5.41) is 19.7. The van der Waals surface area contributed by atoms with Crippen LogP contribution in [0, 0.1) is 11.5 Å². The van der Waals surface area contributed by atoms with E-state index in [0.29, 0.717) is 0 Å². The summed E-state index contributed by atoms with van der Waals surface area (Å²) in [6.45, 7) is 5.17. The van der Waals surface area contributed by atoms with E-state index in [1.54, 1.807) is 27.0 Å². The van der Waals surface area contributed by atoms with E-state index in [-0.39, 0.29) is 0 Å². The lowest BCUT2D eigenvalue weighted by molar-refractivity contribution is 0.107. The smallest absolute Gasteiger partial charge is 0.177 e. The predicted molar refractivity (Wildman–Crippen MR) is 34.5 cm³/mol. The molecule has 0 aromatic rings. The normalized spacial score (nSPS) is 14.1. The molecule has 0 aliphatic carbocycles. The Labute approximate surface area is 55.3 Å². The summed E-state index contributed by atoms with van der Waals surface area (Å²) in [6, 6.07) is 0. The van der Waals surface area contributed by atoms with Gasteiger partial charge in [0.15, 0.2) is 6.19 Å². The van der Waals surface area contributed by atoms with E-state index in [1.807, 2.05) is 0 Å². The van der Waals surface area contributed by atoms with Gasteiger partial charge in [-0.05, 0) is 20.8 Å². The molecule has 0 saturated carbocycles. The van der Waals surface area contributed by atoms with Crippen LogP contribution in [-0.2, 0) is 0 Å². The molecule has 0 aromatic heterocycles. The average Bonchev–Trinajstić information content (AvgIpc) is 1.65. The van der Waals surface area contributed by atoms with E-state index < -0.39 is 11.6 Å². The van der Waals surface area contributed by atoms with Crippen LogP contribution < -0.4 is 5.32 Å². The summed E-state index contributed by atoms with van der Waals surface area (Å²) in [4.78, 5) is 0. The Morgan fingerprint density at radius 3 is 2.22 bits per heavy atom. The standard InChI is InChI=1S/C6H12N2O/c1-5(9)6(2,3)8-4-7/h5,8-9H,1-3H3. The molecule has 0 saturated heterocycles. The fourth-order valence-electron chi connectivity index (χ4n) is 0.249. The van der Waals surface area contributed by atoms with Crippen molar-refractivity contribution in [2.24, 2.45) is 0 Å². The number of rotatable bonds is 2. The topological polar surface area (TPSA) is 56.0 Å². The Hall–Kier alpha value is -0.750. The maximum absolute atomic E-state index is 9.00. The molecule has 3 nitrogen and oxygen atoms in total. The van der Waals surface area contributed by atoms with Gasteiger partial charge in [0, 0.05) is 0 Å². The molecule has 52 valence electrons. The molecule has 0 spiro atoms. The van der Waals surface area contributed by atoms with Crippen molar-refractivity contribution in [2.45, 2.75) is 32.4 Å². The second-order valence-corrected chi connectivity index (χ2v) is 2.63. The van der Waals surface area contributed by atoms with Crippen LogP contribution in [0.2, 0.25) is 0 Å². The number of aliphatic hydroxyl groups is 1. The summed E-state index contributed by atoms with van der Waals surface area (Å²) < 4.78 is 0. The van der Waals surface area contributed by atoms with Crippen LogP contribution in [-0.4, -0.2) is 16.7 Å². The van der Waals surface area contributed by atoms with E-state index in [2.05, 4.69) is 5.32 Å². The van der Waals surface area contributed by atoms with Crippen LogP contribution in [0.3, 0.4) is 0 Å². The van der Waals surface area contributed by atoms with Crippen molar-refractivity contribution in [2.75, 3.05) is 0 Å². The summed E-state index contributed by atoms with van der Waals surface area (Å²) in [5.74, 6) is 0. The van der Waals surface area contributed by atoms with Crippen molar-refractivity contribution < 1.29 is 5.11 Å². The Bertz CT molecular complexity index is 124. The Balaban J connectivity index is 3.89.